The number of aryl methyl sites for hydroxylation is 1. The number of fused-ring (bicyclic) bond motifs is 1. The highest BCUT2D eigenvalue weighted by molar-refractivity contribution is 6.32. The Kier molecular flexibility index (Phi) is 2.90. The van der Waals surface area contributed by atoms with Gasteiger partial charge in [-0.2, -0.15) is 0 Å². The van der Waals surface area contributed by atoms with Gasteiger partial charge in [0.05, 0.1) is 12.6 Å². The van der Waals surface area contributed by atoms with Crippen LogP contribution >= 0.6 is 11.6 Å². The molecule has 0 unspecified atom stereocenters. The number of nitrogens with zero attached hydrogens (tertiary/aromatic N) is 1. The number of carbonyl (C=O) groups excluding carboxylic acids is 1. The van der Waals surface area contributed by atoms with Crippen LogP contribution in [0.25, 0.3) is 10.9 Å². The van der Waals surface area contributed by atoms with Crippen LogP contribution in [0.2, 0.25) is 5.02 Å². The molecule has 0 saturated heterocycles. The largest absolute Gasteiger partial charge is 0.464 e. The normalized spacial score (nSPS) is 10.5. The van der Waals surface area contributed by atoms with Crippen molar-refractivity contribution in [3.8, 4) is 0 Å². The Morgan fingerprint density at radius 3 is 2.82 bits per heavy atom. The molecule has 2 aromatic rings. The van der Waals surface area contributed by atoms with Crippen LogP contribution in [0.1, 0.15) is 16.1 Å². The zero-order chi connectivity index (χ0) is 12.6. The first kappa shape index (κ1) is 11.7. The van der Waals surface area contributed by atoms with E-state index in [0.29, 0.717) is 16.2 Å². The minimum Gasteiger partial charge on any atom is -0.464 e. The van der Waals surface area contributed by atoms with Gasteiger partial charge in [0.2, 0.25) is 0 Å². The molecule has 88 valence electrons. The number of rotatable bonds is 1. The Balaban J connectivity index is 2.79. The summed E-state index contributed by atoms with van der Waals surface area (Å²) in [4.78, 5) is 15.7. The number of nitrogens with two attached hydrogens (primary N) is 1. The number of nitrogen functional groups attached to an aromatic ring is 1. The Bertz CT molecular complexity index is 611. The number of hydrogen-bond acceptors (Lipinski definition) is 4. The van der Waals surface area contributed by atoms with Crippen LogP contribution in [0.4, 0.5) is 5.69 Å². The molecule has 0 spiro atoms. The van der Waals surface area contributed by atoms with Gasteiger partial charge in [-0.15, -0.1) is 0 Å². The molecule has 0 saturated carbocycles. The monoisotopic (exact) mass is 250 g/mol. The van der Waals surface area contributed by atoms with Gasteiger partial charge in [0.1, 0.15) is 0 Å². The molecule has 0 aliphatic rings. The van der Waals surface area contributed by atoms with E-state index in [9.17, 15) is 4.79 Å². The minimum absolute atomic E-state index is 0.183. The van der Waals surface area contributed by atoms with Crippen molar-refractivity contribution in [2.45, 2.75) is 6.92 Å². The Hall–Kier alpha value is -1.81. The summed E-state index contributed by atoms with van der Waals surface area (Å²) in [6.45, 7) is 1.83. The molecule has 1 aromatic heterocycles. The zero-order valence-corrected chi connectivity index (χ0v) is 10.2. The van der Waals surface area contributed by atoms with Gasteiger partial charge in [-0.3, -0.25) is 0 Å². The predicted molar refractivity (Wildman–Crippen MR) is 67.2 cm³/mol. The van der Waals surface area contributed by atoms with E-state index in [0.717, 1.165) is 10.9 Å². The summed E-state index contributed by atoms with van der Waals surface area (Å²) in [7, 11) is 1.30. The predicted octanol–water partition coefficient (Wildman–Crippen LogP) is 2.57. The summed E-state index contributed by atoms with van der Waals surface area (Å²) in [6, 6.07) is 5.05. The highest BCUT2D eigenvalue weighted by Gasteiger charge is 2.13. The van der Waals surface area contributed by atoms with Crippen LogP contribution in [0.15, 0.2) is 18.2 Å². The maximum Gasteiger partial charge on any atom is 0.356 e. The molecule has 17 heavy (non-hydrogen) atoms. The fourth-order valence-corrected chi connectivity index (χ4v) is 1.79. The maximum atomic E-state index is 11.4. The smallest absolute Gasteiger partial charge is 0.356 e. The van der Waals surface area contributed by atoms with Gasteiger partial charge in [-0.05, 0) is 30.7 Å². The molecule has 0 aliphatic carbocycles. The van der Waals surface area contributed by atoms with E-state index in [4.69, 9.17) is 17.3 Å². The SMILES string of the molecule is COC(=O)c1cc(N)c2ccc(Cl)c(C)c2n1. The fraction of sp³-hybridized carbons (Fsp3) is 0.167. The number of aromatic nitrogens is 1. The average Bonchev–Trinajstić information content (AvgIpc) is 2.33. The third-order valence-corrected chi connectivity index (χ3v) is 3.00. The number of esters is 1. The van der Waals surface area contributed by atoms with Crippen molar-refractivity contribution in [1.29, 1.82) is 0 Å². The van der Waals surface area contributed by atoms with Crippen LogP contribution in [0.3, 0.4) is 0 Å². The minimum atomic E-state index is -0.516. The number of halogens is 1. The standard InChI is InChI=1S/C12H11ClN2O2/c1-6-8(13)4-3-7-9(14)5-10(12(16)17-2)15-11(6)7/h3-5H,1-2H3,(H2,14,15). The maximum absolute atomic E-state index is 11.4. The first-order valence-corrected chi connectivity index (χ1v) is 5.36. The summed E-state index contributed by atoms with van der Waals surface area (Å²) >= 11 is 6.01. The van der Waals surface area contributed by atoms with Gasteiger partial charge >= 0.3 is 5.97 Å². The van der Waals surface area contributed by atoms with Crippen molar-refractivity contribution in [1.82, 2.24) is 4.98 Å². The van der Waals surface area contributed by atoms with E-state index in [1.165, 1.54) is 13.2 Å². The Morgan fingerprint density at radius 1 is 1.47 bits per heavy atom. The number of benzene rings is 1. The van der Waals surface area contributed by atoms with Gasteiger partial charge in [-0.25, -0.2) is 9.78 Å². The summed E-state index contributed by atoms with van der Waals surface area (Å²) in [5.41, 5.74) is 7.96. The number of methoxy groups -OCH3 is 1. The third kappa shape index (κ3) is 1.91. The molecule has 0 fully saturated rings. The van der Waals surface area contributed by atoms with Gasteiger partial charge in [0, 0.05) is 16.1 Å². The number of ether oxygens (including phenoxy) is 1. The van der Waals surface area contributed by atoms with Gasteiger partial charge in [0.25, 0.3) is 0 Å². The quantitative estimate of drug-likeness (QED) is 0.790. The van der Waals surface area contributed by atoms with Crippen molar-refractivity contribution >= 4 is 34.2 Å². The topological polar surface area (TPSA) is 65.2 Å². The molecule has 0 bridgehead atoms. The summed E-state index contributed by atoms with van der Waals surface area (Å²) in [5, 5.41) is 1.37. The third-order valence-electron chi connectivity index (χ3n) is 2.59. The zero-order valence-electron chi connectivity index (χ0n) is 9.45. The summed E-state index contributed by atoms with van der Waals surface area (Å²) in [5.74, 6) is -0.516. The Labute approximate surface area is 103 Å². The lowest BCUT2D eigenvalue weighted by Crippen LogP contribution is -2.06. The molecule has 2 N–H and O–H groups in total. The van der Waals surface area contributed by atoms with Crippen molar-refractivity contribution < 1.29 is 9.53 Å². The van der Waals surface area contributed by atoms with Crippen LogP contribution in [-0.4, -0.2) is 18.1 Å². The van der Waals surface area contributed by atoms with Crippen LogP contribution in [-0.2, 0) is 4.74 Å². The second-order valence-corrected chi connectivity index (χ2v) is 4.06. The number of anilines is 1. The second-order valence-electron chi connectivity index (χ2n) is 3.66. The lowest BCUT2D eigenvalue weighted by molar-refractivity contribution is 0.0594. The van der Waals surface area contributed by atoms with E-state index in [1.807, 2.05) is 6.92 Å². The van der Waals surface area contributed by atoms with Gasteiger partial charge in [-0.1, -0.05) is 11.6 Å². The van der Waals surface area contributed by atoms with Gasteiger partial charge < -0.3 is 10.5 Å². The van der Waals surface area contributed by atoms with Crippen LogP contribution < -0.4 is 5.73 Å². The molecule has 2 rings (SSSR count). The first-order valence-electron chi connectivity index (χ1n) is 4.98. The van der Waals surface area contributed by atoms with Crippen LogP contribution in [0.5, 0.6) is 0 Å². The number of hydrogen-bond donors (Lipinski definition) is 1. The molecule has 1 heterocycles. The molecular formula is C12H11ClN2O2. The van der Waals surface area contributed by atoms with Gasteiger partial charge in [0.15, 0.2) is 5.69 Å². The lowest BCUT2D eigenvalue weighted by Gasteiger charge is -2.08. The highest BCUT2D eigenvalue weighted by atomic mass is 35.5. The number of carbonyl (C=O) groups is 1. The number of pyridine rings is 1. The summed E-state index contributed by atoms with van der Waals surface area (Å²) in [6.07, 6.45) is 0. The summed E-state index contributed by atoms with van der Waals surface area (Å²) < 4.78 is 4.62. The van der Waals surface area contributed by atoms with E-state index < -0.39 is 5.97 Å². The average molecular weight is 251 g/mol. The molecule has 4 nitrogen and oxygen atoms in total. The lowest BCUT2D eigenvalue weighted by atomic mass is 10.1. The molecule has 0 aliphatic heterocycles. The van der Waals surface area contributed by atoms with E-state index >= 15 is 0 Å². The second kappa shape index (κ2) is 4.22. The van der Waals surface area contributed by atoms with Crippen molar-refractivity contribution in [2.24, 2.45) is 0 Å². The van der Waals surface area contributed by atoms with Crippen molar-refractivity contribution in [3.63, 3.8) is 0 Å². The van der Waals surface area contributed by atoms with E-state index in [1.54, 1.807) is 12.1 Å². The molecule has 5 heteroatoms. The first-order chi connectivity index (χ1) is 8.04. The molecule has 0 amide bonds. The molecule has 0 atom stereocenters. The fourth-order valence-electron chi connectivity index (χ4n) is 1.64. The Morgan fingerprint density at radius 2 is 2.18 bits per heavy atom. The highest BCUT2D eigenvalue weighted by Crippen LogP contribution is 2.28. The van der Waals surface area contributed by atoms with E-state index in [2.05, 4.69) is 9.72 Å². The van der Waals surface area contributed by atoms with Crippen molar-refractivity contribution in [2.75, 3.05) is 12.8 Å². The molecule has 0 radical (unpaired) electrons. The molecular weight excluding hydrogens is 240 g/mol. The van der Waals surface area contributed by atoms with Crippen molar-refractivity contribution in [3.05, 3.63) is 34.5 Å². The van der Waals surface area contributed by atoms with E-state index in [-0.39, 0.29) is 5.69 Å². The van der Waals surface area contributed by atoms with Crippen LogP contribution in [0, 0.1) is 6.92 Å². The molecule has 1 aromatic carbocycles.